The summed E-state index contributed by atoms with van der Waals surface area (Å²) in [6, 6.07) is 12.4. The number of hydrogen-bond acceptors (Lipinski definition) is 3. The monoisotopic (exact) mass is 495 g/mol. The molecule has 2 aromatic rings. The second kappa shape index (κ2) is 11.3. The molecule has 30 heavy (non-hydrogen) atoms. The van der Waals surface area contributed by atoms with Gasteiger partial charge in [-0.05, 0) is 0 Å². The van der Waals surface area contributed by atoms with E-state index < -0.39 is 12.1 Å². The molecule has 3 nitrogen and oxygen atoms in total. The molecule has 0 fully saturated rings. The van der Waals surface area contributed by atoms with Crippen molar-refractivity contribution in [3.63, 3.8) is 0 Å². The number of hydrogen-bond donors (Lipinski definition) is 2. The van der Waals surface area contributed by atoms with E-state index in [1.807, 2.05) is 3.95 Å². The van der Waals surface area contributed by atoms with Crippen LogP contribution in [0.3, 0.4) is 0 Å². The van der Waals surface area contributed by atoms with Gasteiger partial charge >= 0.3 is 196 Å². The maximum atomic E-state index is 6.80. The Morgan fingerprint density at radius 1 is 0.767 bits per heavy atom. The molecule has 170 valence electrons. The van der Waals surface area contributed by atoms with Gasteiger partial charge in [0.05, 0.1) is 0 Å². The third kappa shape index (κ3) is 6.23. The first-order valence-corrected chi connectivity index (χ1v) is 13.8. The number of halogens is 2. The summed E-state index contributed by atoms with van der Waals surface area (Å²) in [5, 5.41) is 0. The van der Waals surface area contributed by atoms with Crippen molar-refractivity contribution in [3.05, 3.63) is 69.8 Å². The van der Waals surface area contributed by atoms with Crippen LogP contribution in [0.2, 0.25) is 0 Å². The Kier molecular flexibility index (Phi) is 9.69. The van der Waals surface area contributed by atoms with Gasteiger partial charge in [0.25, 0.3) is 0 Å². The van der Waals surface area contributed by atoms with Crippen molar-refractivity contribution in [2.24, 2.45) is 11.5 Å². The van der Waals surface area contributed by atoms with Gasteiger partial charge in [-0.25, -0.2) is 0 Å². The van der Waals surface area contributed by atoms with Gasteiger partial charge in [-0.15, -0.1) is 0 Å². The molecule has 2 atom stereocenters. The number of benzene rings is 2. The van der Waals surface area contributed by atoms with E-state index in [1.54, 1.807) is 0 Å². The third-order valence-electron chi connectivity index (χ3n) is 5.63. The Bertz CT molecular complexity index is 793. The predicted octanol–water partition coefficient (Wildman–Crippen LogP) is 6.39. The van der Waals surface area contributed by atoms with Gasteiger partial charge in [0.2, 0.25) is 0 Å². The van der Waals surface area contributed by atoms with E-state index in [0.29, 0.717) is 24.9 Å². The van der Waals surface area contributed by atoms with Crippen molar-refractivity contribution in [1.82, 2.24) is 3.95 Å². The molecule has 0 amide bonds. The Morgan fingerprint density at radius 3 is 1.57 bits per heavy atom. The van der Waals surface area contributed by atoms with Crippen LogP contribution in [-0.2, 0) is 12.1 Å². The summed E-state index contributed by atoms with van der Waals surface area (Å²) in [6.07, 6.45) is 0. The van der Waals surface area contributed by atoms with Crippen molar-refractivity contribution >= 4 is 20.3 Å². The zero-order chi connectivity index (χ0) is 22.6. The number of nitrogens with zero attached hydrogens (tertiary/aromatic N) is 1. The van der Waals surface area contributed by atoms with Crippen molar-refractivity contribution in [1.29, 1.82) is 0 Å². The molecule has 0 saturated carbocycles. The summed E-state index contributed by atoms with van der Waals surface area (Å²) in [7, 11) is 12.9. The summed E-state index contributed by atoms with van der Waals surface area (Å²) < 4.78 is 2.04. The van der Waals surface area contributed by atoms with E-state index in [-0.39, 0.29) is 12.1 Å². The van der Waals surface area contributed by atoms with Gasteiger partial charge in [-0.3, -0.25) is 0 Å². The molecule has 0 radical (unpaired) electrons. The molecule has 0 heterocycles. The minimum absolute atomic E-state index is 0.176. The molecule has 0 bridgehead atoms. The second-order valence-corrected chi connectivity index (χ2v) is 12.3. The average Bonchev–Trinajstić information content (AvgIpc) is 2.66. The average molecular weight is 496 g/mol. The van der Waals surface area contributed by atoms with Gasteiger partial charge in [0.15, 0.2) is 0 Å². The maximum absolute atomic E-state index is 6.80. The molecule has 0 aliphatic rings. The van der Waals surface area contributed by atoms with Crippen molar-refractivity contribution in [2.45, 2.75) is 65.5 Å². The first kappa shape index (κ1) is 25.7. The van der Waals surface area contributed by atoms with Crippen LogP contribution >= 0.6 is 20.3 Å². The van der Waals surface area contributed by atoms with Crippen LogP contribution in [0.5, 0.6) is 0 Å². The molecule has 2 aromatic carbocycles. The van der Waals surface area contributed by atoms with E-state index in [2.05, 4.69) is 77.9 Å². The van der Waals surface area contributed by atoms with Crippen LogP contribution in [0.15, 0.2) is 36.4 Å². The van der Waals surface area contributed by atoms with Crippen LogP contribution in [0.4, 0.5) is 0 Å². The molecule has 6 heteroatoms. The fourth-order valence-electron chi connectivity index (χ4n) is 4.21. The predicted molar refractivity (Wildman–Crippen MR) is 128 cm³/mol. The van der Waals surface area contributed by atoms with Crippen molar-refractivity contribution in [2.75, 3.05) is 13.1 Å². The zero-order valence-electron chi connectivity index (χ0n) is 18.9. The van der Waals surface area contributed by atoms with E-state index in [9.17, 15) is 0 Å². The molecular formula is C24H36Cl2CoN3. The standard InChI is InChI=1S/C24H36N3.2ClH.Co/c1-15(2)19-11-8-12-20(16(3)4)24(19)22(26)14-27-13-21(25)23-17(5)9-7-10-18(23)6;;;/h7-12,15-16,21-22H,13-14,25-26H2,1-6H3;2*1H;/q-1;;;+3/p-2. The molecule has 2 rings (SSSR count). The first-order valence-electron chi connectivity index (χ1n) is 10.5. The summed E-state index contributed by atoms with van der Waals surface area (Å²) in [5.41, 5.74) is 20.7. The number of rotatable bonds is 9. The topological polar surface area (TPSA) is 55.3 Å². The summed E-state index contributed by atoms with van der Waals surface area (Å²) in [6.45, 7) is 14.2. The molecule has 0 aromatic heterocycles. The molecule has 4 N–H and O–H groups in total. The third-order valence-corrected chi connectivity index (χ3v) is 7.83. The van der Waals surface area contributed by atoms with Crippen LogP contribution in [0, 0.1) is 13.8 Å². The van der Waals surface area contributed by atoms with E-state index in [0.717, 1.165) is 5.56 Å². The van der Waals surface area contributed by atoms with E-state index in [4.69, 9.17) is 31.8 Å². The molecule has 0 aliphatic carbocycles. The summed E-state index contributed by atoms with van der Waals surface area (Å²) in [5.74, 6) is 0.784. The number of aryl methyl sites for hydroxylation is 2. The Morgan fingerprint density at radius 2 is 1.17 bits per heavy atom. The molecular weight excluding hydrogens is 460 g/mol. The SMILES string of the molecule is Cc1cccc(C)c1C(N)C[N](CC(N)c1c(C(C)C)cccc1C(C)C)[Co]([Cl])[Cl]. The van der Waals surface area contributed by atoms with Crippen LogP contribution < -0.4 is 11.5 Å². The fourth-order valence-corrected chi connectivity index (χ4v) is 5.66. The first-order chi connectivity index (χ1) is 14.0. The Hall–Kier alpha value is -0.594. The number of nitrogens with two attached hydrogens (primary N) is 2. The molecule has 0 spiro atoms. The van der Waals surface area contributed by atoms with Crippen LogP contribution in [-0.4, -0.2) is 17.0 Å². The quantitative estimate of drug-likeness (QED) is 0.423. The van der Waals surface area contributed by atoms with Gasteiger partial charge in [-0.1, -0.05) is 0 Å². The Labute approximate surface area is 195 Å². The van der Waals surface area contributed by atoms with Crippen LogP contribution in [0.25, 0.3) is 0 Å². The summed E-state index contributed by atoms with van der Waals surface area (Å²) >= 11 is -1.34. The van der Waals surface area contributed by atoms with Gasteiger partial charge in [0, 0.05) is 0 Å². The normalized spacial score (nSPS) is 14.5. The minimum atomic E-state index is -1.34. The second-order valence-electron chi connectivity index (χ2n) is 8.64. The Balaban J connectivity index is 2.32. The van der Waals surface area contributed by atoms with Crippen LogP contribution in [0.1, 0.15) is 85.0 Å². The summed E-state index contributed by atoms with van der Waals surface area (Å²) in [4.78, 5) is 0. The van der Waals surface area contributed by atoms with Crippen molar-refractivity contribution < 1.29 is 12.1 Å². The zero-order valence-corrected chi connectivity index (χ0v) is 21.4. The van der Waals surface area contributed by atoms with E-state index >= 15 is 0 Å². The van der Waals surface area contributed by atoms with Crippen molar-refractivity contribution in [3.8, 4) is 0 Å². The molecule has 2 unspecified atom stereocenters. The molecule has 0 saturated heterocycles. The molecule has 0 aliphatic heterocycles. The van der Waals surface area contributed by atoms with Gasteiger partial charge < -0.3 is 0 Å². The fraction of sp³-hybridized carbons (Fsp3) is 0.500. The van der Waals surface area contributed by atoms with Gasteiger partial charge in [-0.2, -0.15) is 0 Å². The van der Waals surface area contributed by atoms with E-state index in [1.165, 1.54) is 27.8 Å². The van der Waals surface area contributed by atoms with Gasteiger partial charge in [0.1, 0.15) is 0 Å².